The van der Waals surface area contributed by atoms with Gasteiger partial charge in [0.2, 0.25) is 11.2 Å². The van der Waals surface area contributed by atoms with Crippen LogP contribution in [0.25, 0.3) is 22.3 Å². The lowest BCUT2D eigenvalue weighted by Crippen LogP contribution is -2.32. The summed E-state index contributed by atoms with van der Waals surface area (Å²) in [5, 5.41) is 13.5. The van der Waals surface area contributed by atoms with Crippen LogP contribution in [0.4, 0.5) is 0 Å². The number of ether oxygens (including phenoxy) is 3. The van der Waals surface area contributed by atoms with Crippen LogP contribution < -0.4 is 25.0 Å². The molecular formula is C30H25NO8. The zero-order valence-electron chi connectivity index (χ0n) is 20.8. The van der Waals surface area contributed by atoms with Crippen LogP contribution in [0.1, 0.15) is 5.56 Å². The van der Waals surface area contributed by atoms with E-state index in [1.54, 1.807) is 30.3 Å². The molecule has 198 valence electrons. The van der Waals surface area contributed by atoms with Crippen molar-refractivity contribution in [2.75, 3.05) is 19.7 Å². The Hall–Kier alpha value is -4.73. The summed E-state index contributed by atoms with van der Waals surface area (Å²) >= 11 is 0. The van der Waals surface area contributed by atoms with Crippen molar-refractivity contribution in [3.8, 4) is 28.6 Å². The van der Waals surface area contributed by atoms with Crippen molar-refractivity contribution in [2.45, 2.75) is 12.5 Å². The minimum atomic E-state index is -0.936. The number of hydrogen-bond donors (Lipinski definition) is 2. The Labute approximate surface area is 223 Å². The highest BCUT2D eigenvalue weighted by molar-refractivity contribution is 5.98. The molecule has 2 bridgehead atoms. The van der Waals surface area contributed by atoms with Crippen LogP contribution >= 0.6 is 0 Å². The maximum absolute atomic E-state index is 13.6. The third kappa shape index (κ3) is 6.06. The fourth-order valence-corrected chi connectivity index (χ4v) is 4.10. The Morgan fingerprint density at radius 3 is 2.21 bits per heavy atom. The highest BCUT2D eigenvalue weighted by Gasteiger charge is 2.26. The highest BCUT2D eigenvalue weighted by Crippen LogP contribution is 2.39. The van der Waals surface area contributed by atoms with Crippen molar-refractivity contribution in [3.63, 3.8) is 0 Å². The molecule has 2 heterocycles. The van der Waals surface area contributed by atoms with Crippen molar-refractivity contribution in [1.29, 1.82) is 0 Å². The summed E-state index contributed by atoms with van der Waals surface area (Å²) in [6.45, 7) is 0.791. The number of rotatable bonds is 9. The van der Waals surface area contributed by atoms with Gasteiger partial charge in [-0.15, -0.1) is 0 Å². The van der Waals surface area contributed by atoms with Gasteiger partial charge in [0, 0.05) is 24.3 Å². The molecule has 1 aromatic heterocycles. The van der Waals surface area contributed by atoms with E-state index in [0.717, 1.165) is 18.6 Å². The van der Waals surface area contributed by atoms with Gasteiger partial charge in [0.25, 0.3) is 0 Å². The first kappa shape index (κ1) is 25.9. The molecule has 39 heavy (non-hydrogen) atoms. The minimum absolute atomic E-state index is 0.0465. The topological polar surface area (TPSA) is 124 Å². The molecule has 1 atom stereocenters. The van der Waals surface area contributed by atoms with E-state index in [4.69, 9.17) is 18.6 Å². The molecule has 2 N–H and O–H groups in total. The molecule has 9 nitrogen and oxygen atoms in total. The van der Waals surface area contributed by atoms with Crippen molar-refractivity contribution in [3.05, 3.63) is 101 Å². The highest BCUT2D eigenvalue weighted by atomic mass is 16.6. The van der Waals surface area contributed by atoms with E-state index in [1.165, 1.54) is 17.7 Å². The maximum Gasteiger partial charge on any atom is 0.336 e. The Morgan fingerprint density at radius 2 is 1.49 bits per heavy atom. The first-order chi connectivity index (χ1) is 19.0. The number of benzene rings is 3. The Kier molecular flexibility index (Phi) is 7.81. The molecule has 1 aliphatic rings. The second kappa shape index (κ2) is 11.8. The van der Waals surface area contributed by atoms with Crippen LogP contribution in [0, 0.1) is 0 Å². The van der Waals surface area contributed by atoms with Crippen LogP contribution in [-0.2, 0) is 16.0 Å². The molecule has 9 heteroatoms. The number of esters is 2. The molecule has 0 saturated carbocycles. The van der Waals surface area contributed by atoms with E-state index < -0.39 is 23.5 Å². The summed E-state index contributed by atoms with van der Waals surface area (Å²) < 4.78 is 22.5. The van der Waals surface area contributed by atoms with Gasteiger partial charge in [0.05, 0.1) is 0 Å². The molecule has 3 aromatic carbocycles. The Bertz CT molecular complexity index is 1580. The number of aliphatic hydroxyl groups is 1. The predicted molar refractivity (Wildman–Crippen MR) is 143 cm³/mol. The van der Waals surface area contributed by atoms with Crippen molar-refractivity contribution in [1.82, 2.24) is 5.32 Å². The zero-order chi connectivity index (χ0) is 27.2. The van der Waals surface area contributed by atoms with Crippen LogP contribution in [0.5, 0.6) is 17.2 Å². The van der Waals surface area contributed by atoms with Crippen molar-refractivity contribution < 1.29 is 33.3 Å². The third-order valence-electron chi connectivity index (χ3n) is 5.98. The summed E-state index contributed by atoms with van der Waals surface area (Å²) in [6, 6.07) is 21.7. The van der Waals surface area contributed by atoms with E-state index in [0.29, 0.717) is 12.1 Å². The van der Waals surface area contributed by atoms with Crippen LogP contribution in [0.3, 0.4) is 0 Å². The second-order valence-corrected chi connectivity index (χ2v) is 8.80. The third-order valence-corrected chi connectivity index (χ3v) is 5.98. The second-order valence-electron chi connectivity index (χ2n) is 8.80. The SMILES string of the molecule is O=C1/C=C\C(=O)Oc2c(OCC(O)CNCCc3ccccc3)ccc3oc(-c4ccccc4)c(c(=O)c23)O1. The van der Waals surface area contributed by atoms with Crippen molar-refractivity contribution in [2.24, 2.45) is 0 Å². The molecule has 0 radical (unpaired) electrons. The molecule has 4 aromatic rings. The number of fused-ring (bicyclic) bond motifs is 1. The molecule has 1 unspecified atom stereocenters. The zero-order valence-corrected chi connectivity index (χ0v) is 20.8. The smallest absolute Gasteiger partial charge is 0.336 e. The fraction of sp³-hybridized carbons (Fsp3) is 0.167. The van der Waals surface area contributed by atoms with Gasteiger partial charge in [-0.2, -0.15) is 0 Å². The minimum Gasteiger partial charge on any atom is -0.487 e. The predicted octanol–water partition coefficient (Wildman–Crippen LogP) is 3.41. The van der Waals surface area contributed by atoms with Gasteiger partial charge >= 0.3 is 11.9 Å². The normalized spacial score (nSPS) is 14.5. The molecule has 1 aliphatic heterocycles. The Morgan fingerprint density at radius 1 is 0.821 bits per heavy atom. The largest absolute Gasteiger partial charge is 0.487 e. The maximum atomic E-state index is 13.6. The van der Waals surface area contributed by atoms with Crippen LogP contribution in [0.2, 0.25) is 0 Å². The lowest BCUT2D eigenvalue weighted by atomic mass is 10.1. The van der Waals surface area contributed by atoms with Gasteiger partial charge in [-0.3, -0.25) is 4.79 Å². The summed E-state index contributed by atoms with van der Waals surface area (Å²) in [4.78, 5) is 38.3. The molecule has 0 spiro atoms. The van der Waals surface area contributed by atoms with Crippen LogP contribution in [0.15, 0.2) is 94.2 Å². The molecule has 5 rings (SSSR count). The fourth-order valence-electron chi connectivity index (χ4n) is 4.10. The quantitative estimate of drug-likeness (QED) is 0.191. The summed E-state index contributed by atoms with van der Waals surface area (Å²) in [6.07, 6.45) is 1.68. The van der Waals surface area contributed by atoms with E-state index in [-0.39, 0.29) is 47.1 Å². The number of nitrogens with one attached hydrogen (secondary N) is 1. The van der Waals surface area contributed by atoms with Crippen molar-refractivity contribution >= 4 is 22.9 Å². The standard InChI is InChI=1S/C30H25NO8/c32-21(17-31-16-15-19-7-3-1-4-8-19)18-36-23-12-11-22-26-27(35)30(28(37-22)20-9-5-2-6-10-20)39-25(34)14-13-24(33)38-29(23)26/h1-14,21,31-32H,15-18H2/b14-13-. The van der Waals surface area contributed by atoms with Gasteiger partial charge in [-0.25, -0.2) is 9.59 Å². The average molecular weight is 528 g/mol. The monoisotopic (exact) mass is 527 g/mol. The summed E-state index contributed by atoms with van der Waals surface area (Å²) in [5.41, 5.74) is 1.08. The first-order valence-corrected chi connectivity index (χ1v) is 12.4. The van der Waals surface area contributed by atoms with E-state index in [1.807, 2.05) is 30.3 Å². The number of carbonyl (C=O) groups excluding carboxylic acids is 2. The van der Waals surface area contributed by atoms with E-state index in [2.05, 4.69) is 5.32 Å². The number of carbonyl (C=O) groups is 2. The molecule has 0 aliphatic carbocycles. The molecular weight excluding hydrogens is 502 g/mol. The van der Waals surface area contributed by atoms with Gasteiger partial charge in [-0.1, -0.05) is 60.7 Å². The first-order valence-electron chi connectivity index (χ1n) is 12.4. The van der Waals surface area contributed by atoms with E-state index in [9.17, 15) is 19.5 Å². The summed E-state index contributed by atoms with van der Waals surface area (Å²) in [5.74, 6) is -2.29. The summed E-state index contributed by atoms with van der Waals surface area (Å²) in [7, 11) is 0. The van der Waals surface area contributed by atoms with Gasteiger partial charge < -0.3 is 29.1 Å². The van der Waals surface area contributed by atoms with Gasteiger partial charge in [0.1, 0.15) is 23.7 Å². The Balaban J connectivity index is 1.41. The van der Waals surface area contributed by atoms with Crippen LogP contribution in [-0.4, -0.2) is 42.8 Å². The molecule has 0 saturated heterocycles. The lowest BCUT2D eigenvalue weighted by Gasteiger charge is -2.17. The average Bonchev–Trinajstić information content (AvgIpc) is 2.95. The number of hydrogen-bond acceptors (Lipinski definition) is 9. The van der Waals surface area contributed by atoms with E-state index >= 15 is 0 Å². The van der Waals surface area contributed by atoms with Gasteiger partial charge in [-0.05, 0) is 30.7 Å². The number of aliphatic hydroxyl groups excluding tert-OH is 1. The molecule has 0 fully saturated rings. The molecule has 0 amide bonds. The van der Waals surface area contributed by atoms with Gasteiger partial charge in [0.15, 0.2) is 17.3 Å². The lowest BCUT2D eigenvalue weighted by molar-refractivity contribution is -0.131.